The lowest BCUT2D eigenvalue weighted by atomic mass is 10.2. The Kier molecular flexibility index (Phi) is 8.01. The van der Waals surface area contributed by atoms with Gasteiger partial charge in [-0.2, -0.15) is 0 Å². The molecule has 0 spiro atoms. The molecule has 0 bridgehead atoms. The second-order valence-corrected chi connectivity index (χ2v) is 4.58. The van der Waals surface area contributed by atoms with Crippen LogP contribution in [0.4, 0.5) is 0 Å². The van der Waals surface area contributed by atoms with Crippen LogP contribution in [0.2, 0.25) is 0 Å². The summed E-state index contributed by atoms with van der Waals surface area (Å²) in [5.41, 5.74) is 5.28. The molecule has 2 rings (SSSR count). The van der Waals surface area contributed by atoms with E-state index in [1.807, 2.05) is 30.3 Å². The summed E-state index contributed by atoms with van der Waals surface area (Å²) >= 11 is 0. The van der Waals surface area contributed by atoms with Gasteiger partial charge < -0.3 is 15.2 Å². The Morgan fingerprint density at radius 3 is 2.33 bits per heavy atom. The highest BCUT2D eigenvalue weighted by molar-refractivity contribution is 5.82. The fourth-order valence-corrected chi connectivity index (χ4v) is 2.10. The largest absolute Gasteiger partial charge is 0.372 e. The first-order valence-electron chi connectivity index (χ1n) is 6.76. The quantitative estimate of drug-likeness (QED) is 0.638. The Bertz CT molecular complexity index is 447. The number of nitrogens with two attached hydrogens (primary N) is 1. The van der Waals surface area contributed by atoms with E-state index in [4.69, 9.17) is 14.3 Å². The third kappa shape index (κ3) is 6.33. The van der Waals surface area contributed by atoms with Crippen molar-refractivity contribution in [2.45, 2.75) is 31.7 Å². The van der Waals surface area contributed by atoms with Crippen LogP contribution in [0.5, 0.6) is 0 Å². The standard InChI is InChI=1S/C15H18O3.CH3NO/c1-2-8-17-14-9-13(16)10-15(14)18-11-12-6-4-3-5-7-12;2-1-3/h2-7,14-15H,1,8-11H2;1H,(H2,2,3). The molecular formula is C16H21NO4. The molecule has 1 aliphatic carbocycles. The summed E-state index contributed by atoms with van der Waals surface area (Å²) in [6.07, 6.45) is 2.59. The van der Waals surface area contributed by atoms with E-state index < -0.39 is 0 Å². The Morgan fingerprint density at radius 2 is 1.76 bits per heavy atom. The summed E-state index contributed by atoms with van der Waals surface area (Å²) in [4.78, 5) is 20.0. The molecule has 1 amide bonds. The Labute approximate surface area is 124 Å². The Balaban J connectivity index is 0.000000677. The number of Topliss-reactive ketones (excluding diaryl/α,β-unsaturated/α-hetero) is 1. The van der Waals surface area contributed by atoms with Gasteiger partial charge in [0.25, 0.3) is 0 Å². The summed E-state index contributed by atoms with van der Waals surface area (Å²) in [5.74, 6) is 0.210. The van der Waals surface area contributed by atoms with Crippen molar-refractivity contribution in [3.63, 3.8) is 0 Å². The molecule has 1 aromatic carbocycles. The van der Waals surface area contributed by atoms with Gasteiger partial charge in [0.05, 0.1) is 25.4 Å². The first-order chi connectivity index (χ1) is 10.2. The highest BCUT2D eigenvalue weighted by Crippen LogP contribution is 2.23. The average Bonchev–Trinajstić information content (AvgIpc) is 2.85. The van der Waals surface area contributed by atoms with Crippen LogP contribution in [-0.2, 0) is 25.7 Å². The van der Waals surface area contributed by atoms with Gasteiger partial charge in [-0.05, 0) is 5.56 Å². The zero-order chi connectivity index (χ0) is 15.5. The normalized spacial score (nSPS) is 20.5. The molecule has 0 aliphatic heterocycles. The molecule has 21 heavy (non-hydrogen) atoms. The van der Waals surface area contributed by atoms with Crippen molar-refractivity contribution in [3.05, 3.63) is 48.6 Å². The summed E-state index contributed by atoms with van der Waals surface area (Å²) in [5, 5.41) is 0. The molecule has 0 heterocycles. The fourth-order valence-electron chi connectivity index (χ4n) is 2.10. The van der Waals surface area contributed by atoms with Crippen molar-refractivity contribution < 1.29 is 19.1 Å². The first kappa shape index (κ1) is 17.1. The third-order valence-electron chi connectivity index (χ3n) is 3.01. The monoisotopic (exact) mass is 291 g/mol. The molecule has 2 atom stereocenters. The molecule has 0 radical (unpaired) electrons. The van der Waals surface area contributed by atoms with Gasteiger partial charge in [0.2, 0.25) is 6.41 Å². The fraction of sp³-hybridized carbons (Fsp3) is 0.375. The lowest BCUT2D eigenvalue weighted by Gasteiger charge is -2.19. The van der Waals surface area contributed by atoms with E-state index in [1.165, 1.54) is 0 Å². The van der Waals surface area contributed by atoms with Crippen LogP contribution in [0.15, 0.2) is 43.0 Å². The van der Waals surface area contributed by atoms with Crippen molar-refractivity contribution >= 4 is 12.2 Å². The lowest BCUT2D eigenvalue weighted by Crippen LogP contribution is -2.26. The van der Waals surface area contributed by atoms with Gasteiger partial charge in [-0.3, -0.25) is 9.59 Å². The van der Waals surface area contributed by atoms with Gasteiger partial charge in [-0.1, -0.05) is 36.4 Å². The van der Waals surface area contributed by atoms with Crippen LogP contribution < -0.4 is 5.73 Å². The van der Waals surface area contributed by atoms with E-state index in [9.17, 15) is 4.79 Å². The molecular weight excluding hydrogens is 270 g/mol. The number of ether oxygens (including phenoxy) is 2. The van der Waals surface area contributed by atoms with Crippen molar-refractivity contribution in [3.8, 4) is 0 Å². The molecule has 0 saturated heterocycles. The zero-order valence-corrected chi connectivity index (χ0v) is 11.9. The number of carbonyl (C=O) groups excluding carboxylic acids is 2. The first-order valence-corrected chi connectivity index (χ1v) is 6.76. The molecule has 1 fully saturated rings. The van der Waals surface area contributed by atoms with Crippen molar-refractivity contribution in [2.75, 3.05) is 6.61 Å². The Morgan fingerprint density at radius 1 is 1.19 bits per heavy atom. The van der Waals surface area contributed by atoms with Crippen LogP contribution >= 0.6 is 0 Å². The van der Waals surface area contributed by atoms with Crippen molar-refractivity contribution in [1.29, 1.82) is 0 Å². The molecule has 2 unspecified atom stereocenters. The van der Waals surface area contributed by atoms with E-state index in [0.29, 0.717) is 26.1 Å². The molecule has 114 valence electrons. The van der Waals surface area contributed by atoms with E-state index >= 15 is 0 Å². The number of rotatable bonds is 6. The number of carbonyl (C=O) groups is 2. The minimum atomic E-state index is -0.127. The zero-order valence-electron chi connectivity index (χ0n) is 11.9. The van der Waals surface area contributed by atoms with Gasteiger partial charge in [0, 0.05) is 12.8 Å². The maximum Gasteiger partial charge on any atom is 0.204 e. The van der Waals surface area contributed by atoms with Gasteiger partial charge in [-0.25, -0.2) is 0 Å². The summed E-state index contributed by atoms with van der Waals surface area (Å²) in [7, 11) is 0. The van der Waals surface area contributed by atoms with Gasteiger partial charge in [0.1, 0.15) is 5.78 Å². The second kappa shape index (κ2) is 9.85. The number of hydrogen-bond acceptors (Lipinski definition) is 4. The number of amides is 1. The molecule has 1 aromatic rings. The molecule has 5 heteroatoms. The minimum absolute atomic E-state index is 0.126. The van der Waals surface area contributed by atoms with Crippen LogP contribution in [0.3, 0.4) is 0 Å². The highest BCUT2D eigenvalue weighted by atomic mass is 16.5. The predicted octanol–water partition coefficient (Wildman–Crippen LogP) is 1.61. The third-order valence-corrected chi connectivity index (χ3v) is 3.01. The maximum absolute atomic E-state index is 11.5. The smallest absolute Gasteiger partial charge is 0.204 e. The number of primary amides is 1. The molecule has 5 nitrogen and oxygen atoms in total. The van der Waals surface area contributed by atoms with E-state index in [2.05, 4.69) is 12.3 Å². The minimum Gasteiger partial charge on any atom is -0.372 e. The number of hydrogen-bond donors (Lipinski definition) is 1. The Hall–Kier alpha value is -1.98. The molecule has 1 saturated carbocycles. The van der Waals surface area contributed by atoms with Gasteiger partial charge in [-0.15, -0.1) is 6.58 Å². The van der Waals surface area contributed by atoms with Gasteiger partial charge in [0.15, 0.2) is 0 Å². The van der Waals surface area contributed by atoms with Crippen molar-refractivity contribution in [2.24, 2.45) is 5.73 Å². The van der Waals surface area contributed by atoms with E-state index in [1.54, 1.807) is 6.08 Å². The summed E-state index contributed by atoms with van der Waals surface area (Å²) in [6, 6.07) is 9.94. The van der Waals surface area contributed by atoms with Crippen LogP contribution in [0.1, 0.15) is 18.4 Å². The lowest BCUT2D eigenvalue weighted by molar-refractivity contribution is -0.118. The van der Waals surface area contributed by atoms with E-state index in [-0.39, 0.29) is 24.4 Å². The topological polar surface area (TPSA) is 78.6 Å². The SMILES string of the molecule is C=CCOC1CC(=O)CC1OCc1ccccc1.NC=O. The molecule has 2 N–H and O–H groups in total. The second-order valence-electron chi connectivity index (χ2n) is 4.58. The average molecular weight is 291 g/mol. The van der Waals surface area contributed by atoms with E-state index in [0.717, 1.165) is 5.56 Å². The summed E-state index contributed by atoms with van der Waals surface area (Å²) in [6.45, 7) is 4.59. The number of ketones is 1. The molecule has 1 aliphatic rings. The van der Waals surface area contributed by atoms with Crippen molar-refractivity contribution in [1.82, 2.24) is 0 Å². The van der Waals surface area contributed by atoms with Crippen LogP contribution in [0.25, 0.3) is 0 Å². The van der Waals surface area contributed by atoms with Crippen LogP contribution in [0, 0.1) is 0 Å². The highest BCUT2D eigenvalue weighted by Gasteiger charge is 2.34. The molecule has 0 aromatic heterocycles. The maximum atomic E-state index is 11.5. The van der Waals surface area contributed by atoms with Crippen LogP contribution in [-0.4, -0.2) is 31.0 Å². The van der Waals surface area contributed by atoms with Gasteiger partial charge >= 0.3 is 0 Å². The summed E-state index contributed by atoms with van der Waals surface area (Å²) < 4.78 is 11.3. The number of benzene rings is 1. The predicted molar refractivity (Wildman–Crippen MR) is 79.4 cm³/mol.